The van der Waals surface area contributed by atoms with E-state index < -0.39 is 0 Å². The van der Waals surface area contributed by atoms with Crippen LogP contribution < -0.4 is 4.74 Å². The van der Waals surface area contributed by atoms with Crippen LogP contribution >= 0.6 is 0 Å². The Balaban J connectivity index is 2.32. The first-order valence-corrected chi connectivity index (χ1v) is 5.72. The maximum Gasteiger partial charge on any atom is 0.128 e. The maximum absolute atomic E-state index is 5.36. The number of aromatic nitrogens is 2. The van der Waals surface area contributed by atoms with E-state index in [2.05, 4.69) is 9.97 Å². The average molecular weight is 236 g/mol. The van der Waals surface area contributed by atoms with Crippen molar-refractivity contribution in [2.24, 2.45) is 0 Å². The largest absolute Gasteiger partial charge is 0.496 e. The number of hydrogen-bond acceptors (Lipinski definition) is 3. The van der Waals surface area contributed by atoms with Gasteiger partial charge in [0.05, 0.1) is 12.6 Å². The lowest BCUT2D eigenvalue weighted by atomic mass is 10.0. The van der Waals surface area contributed by atoms with Gasteiger partial charge in [0, 0.05) is 35.1 Å². The fourth-order valence-electron chi connectivity index (χ4n) is 2.08. The minimum absolute atomic E-state index is 0.839. The van der Waals surface area contributed by atoms with Gasteiger partial charge in [0.25, 0.3) is 0 Å². The summed E-state index contributed by atoms with van der Waals surface area (Å²) in [6.45, 7) is 0. The molecule has 0 amide bonds. The Morgan fingerprint density at radius 3 is 2.67 bits per heavy atom. The summed E-state index contributed by atoms with van der Waals surface area (Å²) in [5.74, 6) is 0.839. The lowest BCUT2D eigenvalue weighted by Crippen LogP contribution is -1.89. The number of ether oxygens (including phenoxy) is 1. The van der Waals surface area contributed by atoms with Gasteiger partial charge in [-0.3, -0.25) is 9.97 Å². The molecule has 18 heavy (non-hydrogen) atoms. The summed E-state index contributed by atoms with van der Waals surface area (Å²) in [4.78, 5) is 8.61. The highest BCUT2D eigenvalue weighted by atomic mass is 16.5. The Morgan fingerprint density at radius 1 is 1.00 bits per heavy atom. The van der Waals surface area contributed by atoms with E-state index in [0.717, 1.165) is 27.8 Å². The Bertz CT molecular complexity index is 680. The molecule has 0 saturated carbocycles. The summed E-state index contributed by atoms with van der Waals surface area (Å²) in [5, 5.41) is 1.02. The molecule has 0 bridgehead atoms. The van der Waals surface area contributed by atoms with Crippen molar-refractivity contribution < 1.29 is 4.74 Å². The second-order valence-electron chi connectivity index (χ2n) is 3.96. The average Bonchev–Trinajstić information content (AvgIpc) is 2.47. The molecule has 0 aliphatic heterocycles. The van der Waals surface area contributed by atoms with E-state index in [-0.39, 0.29) is 0 Å². The molecular formula is C15H12N2O. The molecule has 0 atom stereocenters. The van der Waals surface area contributed by atoms with Gasteiger partial charge in [-0.1, -0.05) is 6.07 Å². The summed E-state index contributed by atoms with van der Waals surface area (Å²) < 4.78 is 5.36. The summed E-state index contributed by atoms with van der Waals surface area (Å²) in [5.41, 5.74) is 3.06. The van der Waals surface area contributed by atoms with Gasteiger partial charge in [0.1, 0.15) is 5.75 Å². The van der Waals surface area contributed by atoms with Gasteiger partial charge in [-0.15, -0.1) is 0 Å². The van der Waals surface area contributed by atoms with Crippen molar-refractivity contribution in [3.05, 3.63) is 55.0 Å². The quantitative estimate of drug-likeness (QED) is 0.684. The normalized spacial score (nSPS) is 10.5. The van der Waals surface area contributed by atoms with Gasteiger partial charge in [-0.2, -0.15) is 0 Å². The zero-order chi connectivity index (χ0) is 12.4. The first kappa shape index (κ1) is 10.7. The van der Waals surface area contributed by atoms with Crippen molar-refractivity contribution in [3.8, 4) is 16.9 Å². The Morgan fingerprint density at radius 2 is 1.89 bits per heavy atom. The van der Waals surface area contributed by atoms with Crippen molar-refractivity contribution in [2.75, 3.05) is 7.11 Å². The third kappa shape index (κ3) is 1.70. The molecule has 88 valence electrons. The Kier molecular flexibility index (Phi) is 2.65. The summed E-state index contributed by atoms with van der Waals surface area (Å²) >= 11 is 0. The number of methoxy groups -OCH3 is 1. The van der Waals surface area contributed by atoms with E-state index in [0.29, 0.717) is 0 Å². The zero-order valence-corrected chi connectivity index (χ0v) is 10.00. The highest BCUT2D eigenvalue weighted by Gasteiger charge is 2.08. The summed E-state index contributed by atoms with van der Waals surface area (Å²) in [6, 6.07) is 11.9. The third-order valence-corrected chi connectivity index (χ3v) is 2.92. The van der Waals surface area contributed by atoms with E-state index >= 15 is 0 Å². The van der Waals surface area contributed by atoms with Crippen LogP contribution in [-0.2, 0) is 0 Å². The van der Waals surface area contributed by atoms with Crippen molar-refractivity contribution in [1.29, 1.82) is 0 Å². The second kappa shape index (κ2) is 4.45. The number of benzene rings is 1. The van der Waals surface area contributed by atoms with Gasteiger partial charge < -0.3 is 4.74 Å². The minimum Gasteiger partial charge on any atom is -0.496 e. The van der Waals surface area contributed by atoms with Gasteiger partial charge in [0.15, 0.2) is 0 Å². The lowest BCUT2D eigenvalue weighted by Gasteiger charge is -2.09. The first-order valence-electron chi connectivity index (χ1n) is 5.72. The highest BCUT2D eigenvalue weighted by Crippen LogP contribution is 2.32. The van der Waals surface area contributed by atoms with E-state index in [1.165, 1.54) is 0 Å². The summed E-state index contributed by atoms with van der Waals surface area (Å²) in [7, 11) is 1.67. The van der Waals surface area contributed by atoms with Crippen LogP contribution in [0.25, 0.3) is 22.0 Å². The van der Waals surface area contributed by atoms with E-state index in [9.17, 15) is 0 Å². The fraction of sp³-hybridized carbons (Fsp3) is 0.0667. The number of nitrogens with zero attached hydrogens (tertiary/aromatic N) is 2. The molecule has 0 saturated heterocycles. The van der Waals surface area contributed by atoms with Crippen LogP contribution in [0.5, 0.6) is 5.75 Å². The van der Waals surface area contributed by atoms with Crippen LogP contribution in [0.1, 0.15) is 0 Å². The molecule has 0 radical (unpaired) electrons. The topological polar surface area (TPSA) is 35.0 Å². The lowest BCUT2D eigenvalue weighted by molar-refractivity contribution is 0.420. The monoisotopic (exact) mass is 236 g/mol. The highest BCUT2D eigenvalue weighted by molar-refractivity contribution is 5.97. The van der Waals surface area contributed by atoms with Crippen molar-refractivity contribution in [3.63, 3.8) is 0 Å². The molecule has 3 aromatic rings. The molecule has 0 spiro atoms. The molecule has 2 heterocycles. The van der Waals surface area contributed by atoms with E-state index in [1.54, 1.807) is 19.5 Å². The van der Waals surface area contributed by atoms with E-state index in [1.807, 2.05) is 42.6 Å². The van der Waals surface area contributed by atoms with Crippen LogP contribution in [0.4, 0.5) is 0 Å². The van der Waals surface area contributed by atoms with Crippen LogP contribution in [0.15, 0.2) is 55.0 Å². The molecule has 0 aliphatic rings. The molecule has 3 nitrogen and oxygen atoms in total. The molecule has 2 aromatic heterocycles. The minimum atomic E-state index is 0.839. The third-order valence-electron chi connectivity index (χ3n) is 2.92. The van der Waals surface area contributed by atoms with Crippen LogP contribution in [0, 0.1) is 0 Å². The zero-order valence-electron chi connectivity index (χ0n) is 10.00. The van der Waals surface area contributed by atoms with Crippen molar-refractivity contribution in [2.45, 2.75) is 0 Å². The maximum atomic E-state index is 5.36. The molecule has 0 fully saturated rings. The van der Waals surface area contributed by atoms with Crippen molar-refractivity contribution in [1.82, 2.24) is 9.97 Å². The van der Waals surface area contributed by atoms with Crippen LogP contribution in [0.3, 0.4) is 0 Å². The molecule has 1 aromatic carbocycles. The van der Waals surface area contributed by atoms with Crippen LogP contribution in [0.2, 0.25) is 0 Å². The van der Waals surface area contributed by atoms with E-state index in [4.69, 9.17) is 4.74 Å². The van der Waals surface area contributed by atoms with Gasteiger partial charge in [-0.25, -0.2) is 0 Å². The molecule has 3 rings (SSSR count). The number of fused-ring (bicyclic) bond motifs is 1. The Labute approximate surface area is 105 Å². The molecular weight excluding hydrogens is 224 g/mol. The standard InChI is InChI=1S/C15H12N2O/c1-18-14-7-6-12(11-4-2-8-16-10-11)15-13(14)5-3-9-17-15/h2-10H,1H3. The SMILES string of the molecule is COc1ccc(-c2cccnc2)c2ncccc12. The summed E-state index contributed by atoms with van der Waals surface area (Å²) in [6.07, 6.45) is 5.40. The van der Waals surface area contributed by atoms with Gasteiger partial charge in [-0.05, 0) is 30.3 Å². The number of rotatable bonds is 2. The molecule has 0 aliphatic carbocycles. The van der Waals surface area contributed by atoms with Crippen molar-refractivity contribution >= 4 is 10.9 Å². The number of hydrogen-bond donors (Lipinski definition) is 0. The molecule has 0 N–H and O–H groups in total. The Hall–Kier alpha value is -2.42. The number of pyridine rings is 2. The fourth-order valence-corrected chi connectivity index (χ4v) is 2.08. The van der Waals surface area contributed by atoms with Gasteiger partial charge >= 0.3 is 0 Å². The predicted molar refractivity (Wildman–Crippen MR) is 71.5 cm³/mol. The molecule has 0 unspecified atom stereocenters. The molecule has 3 heteroatoms. The smallest absolute Gasteiger partial charge is 0.128 e. The van der Waals surface area contributed by atoms with Crippen LogP contribution in [-0.4, -0.2) is 17.1 Å². The second-order valence-corrected chi connectivity index (χ2v) is 3.96. The predicted octanol–water partition coefficient (Wildman–Crippen LogP) is 3.31. The first-order chi connectivity index (χ1) is 8.90. The van der Waals surface area contributed by atoms with Gasteiger partial charge in [0.2, 0.25) is 0 Å².